The number of hydrogen-bond donors (Lipinski definition) is 1. The van der Waals surface area contributed by atoms with Gasteiger partial charge in [0.1, 0.15) is 10.7 Å². The molecule has 1 amide bonds. The van der Waals surface area contributed by atoms with Gasteiger partial charge in [-0.3, -0.25) is 9.10 Å². The Kier molecular flexibility index (Phi) is 6.63. The SMILES string of the molecule is COC(=O)c1sccc1NC(=O)c1cc(S(=O)(=O)N(C)c2ccc(F)cc2)ccc1Cl. The van der Waals surface area contributed by atoms with Crippen LogP contribution in [-0.4, -0.2) is 34.5 Å². The number of thiophene rings is 1. The number of sulfonamides is 1. The largest absolute Gasteiger partial charge is 0.465 e. The number of hydrogen-bond acceptors (Lipinski definition) is 6. The minimum Gasteiger partial charge on any atom is -0.465 e. The summed E-state index contributed by atoms with van der Waals surface area (Å²) in [6.45, 7) is 0. The first-order valence-electron chi connectivity index (χ1n) is 8.66. The third kappa shape index (κ3) is 4.71. The van der Waals surface area contributed by atoms with Crippen molar-refractivity contribution in [2.24, 2.45) is 0 Å². The van der Waals surface area contributed by atoms with Gasteiger partial charge in [-0.1, -0.05) is 11.6 Å². The number of esters is 1. The van der Waals surface area contributed by atoms with Crippen molar-refractivity contribution in [1.82, 2.24) is 0 Å². The Balaban J connectivity index is 1.92. The standard InChI is InChI=1S/C20H16ClFN2O5S2/c1-24(13-5-3-12(22)4-6-13)31(27,28)14-7-8-16(21)15(11-14)19(25)23-17-9-10-30-18(17)20(26)29-2/h3-11H,1-2H3,(H,23,25). The van der Waals surface area contributed by atoms with Crippen molar-refractivity contribution < 1.29 is 27.1 Å². The fraction of sp³-hybridized carbons (Fsp3) is 0.100. The Morgan fingerprint density at radius 1 is 1.13 bits per heavy atom. The molecule has 3 aromatic rings. The lowest BCUT2D eigenvalue weighted by atomic mass is 10.2. The van der Waals surface area contributed by atoms with E-state index in [1.54, 1.807) is 5.38 Å². The third-order valence-corrected chi connectivity index (χ3v) is 7.32. The number of nitrogens with zero attached hydrogens (tertiary/aromatic N) is 1. The lowest BCUT2D eigenvalue weighted by Crippen LogP contribution is -2.27. The predicted octanol–water partition coefficient (Wildman–Crippen LogP) is 4.40. The van der Waals surface area contributed by atoms with Crippen LogP contribution < -0.4 is 9.62 Å². The van der Waals surface area contributed by atoms with E-state index in [0.717, 1.165) is 33.8 Å². The Hall–Kier alpha value is -2.95. The van der Waals surface area contributed by atoms with Crippen molar-refractivity contribution in [3.8, 4) is 0 Å². The van der Waals surface area contributed by atoms with Crippen LogP contribution in [0.3, 0.4) is 0 Å². The van der Waals surface area contributed by atoms with Crippen molar-refractivity contribution in [3.05, 3.63) is 75.2 Å². The van der Waals surface area contributed by atoms with E-state index in [4.69, 9.17) is 11.6 Å². The van der Waals surface area contributed by atoms with Crippen LogP contribution in [0, 0.1) is 5.82 Å². The molecular weight excluding hydrogens is 467 g/mol. The molecule has 3 rings (SSSR count). The molecule has 1 heterocycles. The van der Waals surface area contributed by atoms with E-state index in [2.05, 4.69) is 10.1 Å². The number of halogens is 2. The molecule has 0 bridgehead atoms. The maximum atomic E-state index is 13.2. The fourth-order valence-electron chi connectivity index (χ4n) is 2.63. The molecule has 1 aromatic heterocycles. The highest BCUT2D eigenvalue weighted by Crippen LogP contribution is 2.28. The zero-order valence-corrected chi connectivity index (χ0v) is 18.6. The highest BCUT2D eigenvalue weighted by molar-refractivity contribution is 7.92. The predicted molar refractivity (Wildman–Crippen MR) is 117 cm³/mol. The number of rotatable bonds is 6. The van der Waals surface area contributed by atoms with Gasteiger partial charge in [0.2, 0.25) is 0 Å². The molecule has 0 aliphatic carbocycles. The summed E-state index contributed by atoms with van der Waals surface area (Å²) in [5, 5.41) is 4.17. The topological polar surface area (TPSA) is 92.8 Å². The minimum absolute atomic E-state index is 0.0238. The summed E-state index contributed by atoms with van der Waals surface area (Å²) in [6, 6.07) is 10.1. The van der Waals surface area contributed by atoms with Crippen LogP contribution in [-0.2, 0) is 14.8 Å². The zero-order chi connectivity index (χ0) is 22.8. The van der Waals surface area contributed by atoms with Crippen molar-refractivity contribution in [2.45, 2.75) is 4.90 Å². The molecule has 0 radical (unpaired) electrons. The van der Waals surface area contributed by atoms with E-state index in [0.29, 0.717) is 0 Å². The minimum atomic E-state index is -4.07. The number of anilines is 2. The van der Waals surface area contributed by atoms with E-state index < -0.39 is 27.7 Å². The molecule has 0 aliphatic heterocycles. The average Bonchev–Trinajstić information content (AvgIpc) is 3.21. The highest BCUT2D eigenvalue weighted by Gasteiger charge is 2.25. The molecule has 0 fully saturated rings. The van der Waals surface area contributed by atoms with Gasteiger partial charge in [0.25, 0.3) is 15.9 Å². The molecule has 7 nitrogen and oxygen atoms in total. The fourth-order valence-corrected chi connectivity index (χ4v) is 4.83. The van der Waals surface area contributed by atoms with Gasteiger partial charge in [-0.15, -0.1) is 11.3 Å². The van der Waals surface area contributed by atoms with Gasteiger partial charge < -0.3 is 10.1 Å². The van der Waals surface area contributed by atoms with Gasteiger partial charge in [0.05, 0.1) is 34.0 Å². The van der Waals surface area contributed by atoms with Crippen LogP contribution in [0.4, 0.5) is 15.8 Å². The van der Waals surface area contributed by atoms with Crippen LogP contribution >= 0.6 is 22.9 Å². The number of carbonyl (C=O) groups is 2. The Morgan fingerprint density at radius 2 is 1.81 bits per heavy atom. The molecule has 11 heteroatoms. The summed E-state index contributed by atoms with van der Waals surface area (Å²) < 4.78 is 44.8. The molecule has 0 spiro atoms. The Morgan fingerprint density at radius 3 is 2.45 bits per heavy atom. The van der Waals surface area contributed by atoms with Gasteiger partial charge in [-0.05, 0) is 53.9 Å². The molecule has 0 atom stereocenters. The van der Waals surface area contributed by atoms with Crippen molar-refractivity contribution >= 4 is 56.2 Å². The van der Waals surface area contributed by atoms with E-state index in [1.807, 2.05) is 0 Å². The van der Waals surface area contributed by atoms with Crippen molar-refractivity contribution in [2.75, 3.05) is 23.8 Å². The first-order chi connectivity index (χ1) is 14.6. The van der Waals surface area contributed by atoms with E-state index in [-0.39, 0.29) is 31.7 Å². The summed E-state index contributed by atoms with van der Waals surface area (Å²) in [7, 11) is -1.54. The number of carbonyl (C=O) groups excluding carboxylic acids is 2. The smallest absolute Gasteiger partial charge is 0.350 e. The van der Waals surface area contributed by atoms with Gasteiger partial charge in [0, 0.05) is 7.05 Å². The monoisotopic (exact) mass is 482 g/mol. The number of nitrogens with one attached hydrogen (secondary N) is 1. The third-order valence-electron chi connectivity index (χ3n) is 4.32. The number of amides is 1. The summed E-state index contributed by atoms with van der Waals surface area (Å²) in [4.78, 5) is 24.6. The molecule has 0 aliphatic rings. The molecule has 1 N–H and O–H groups in total. The van der Waals surface area contributed by atoms with Crippen LogP contribution in [0.25, 0.3) is 0 Å². The second-order valence-corrected chi connectivity index (χ2v) is 9.49. The molecule has 0 saturated heterocycles. The molecular formula is C20H16ClFN2O5S2. The Bertz CT molecular complexity index is 1240. The highest BCUT2D eigenvalue weighted by atomic mass is 35.5. The number of ether oxygens (including phenoxy) is 1. The van der Waals surface area contributed by atoms with Gasteiger partial charge in [-0.25, -0.2) is 17.6 Å². The summed E-state index contributed by atoms with van der Waals surface area (Å²) >= 11 is 7.21. The second-order valence-electron chi connectivity index (χ2n) is 6.20. The number of methoxy groups -OCH3 is 1. The first-order valence-corrected chi connectivity index (χ1v) is 11.4. The number of benzene rings is 2. The van der Waals surface area contributed by atoms with Crippen LogP contribution in [0.1, 0.15) is 20.0 Å². The first kappa shape index (κ1) is 22.7. The van der Waals surface area contributed by atoms with Crippen molar-refractivity contribution in [1.29, 1.82) is 0 Å². The molecule has 0 saturated carbocycles. The Labute approximate surface area is 187 Å². The summed E-state index contributed by atoms with van der Waals surface area (Å²) in [5.41, 5.74) is 0.357. The van der Waals surface area contributed by atoms with Gasteiger partial charge >= 0.3 is 5.97 Å². The van der Waals surface area contributed by atoms with Gasteiger partial charge in [-0.2, -0.15) is 0 Å². The van der Waals surface area contributed by atoms with Crippen LogP contribution in [0.5, 0.6) is 0 Å². The van der Waals surface area contributed by atoms with E-state index >= 15 is 0 Å². The maximum Gasteiger partial charge on any atom is 0.350 e. The molecule has 31 heavy (non-hydrogen) atoms. The van der Waals surface area contributed by atoms with Gasteiger partial charge in [0.15, 0.2) is 0 Å². The van der Waals surface area contributed by atoms with Crippen LogP contribution in [0.2, 0.25) is 5.02 Å². The summed E-state index contributed by atoms with van der Waals surface area (Å²) in [5.74, 6) is -1.82. The summed E-state index contributed by atoms with van der Waals surface area (Å²) in [6.07, 6.45) is 0. The van der Waals surface area contributed by atoms with E-state index in [1.165, 1.54) is 44.5 Å². The zero-order valence-electron chi connectivity index (χ0n) is 16.3. The second kappa shape index (κ2) is 9.04. The lowest BCUT2D eigenvalue weighted by Gasteiger charge is -2.20. The lowest BCUT2D eigenvalue weighted by molar-refractivity contribution is 0.0607. The van der Waals surface area contributed by atoms with E-state index in [9.17, 15) is 22.4 Å². The molecule has 162 valence electrons. The quantitative estimate of drug-likeness (QED) is 0.525. The molecule has 2 aromatic carbocycles. The van der Waals surface area contributed by atoms with Crippen LogP contribution in [0.15, 0.2) is 58.8 Å². The average molecular weight is 483 g/mol. The normalized spacial score (nSPS) is 11.1. The maximum absolute atomic E-state index is 13.2. The molecule has 0 unspecified atom stereocenters. The van der Waals surface area contributed by atoms with Crippen molar-refractivity contribution in [3.63, 3.8) is 0 Å².